The molecule has 0 aliphatic rings. The number of nitrogens with one attached hydrogen (secondary N) is 2. The van der Waals surface area contributed by atoms with Gasteiger partial charge in [-0.05, 0) is 48.9 Å². The molecule has 41 heavy (non-hydrogen) atoms. The fourth-order valence-corrected chi connectivity index (χ4v) is 3.52. The molecule has 212 valence electrons. The molecule has 0 unspecified atom stereocenters. The third kappa shape index (κ3) is 7.06. The number of aromatic nitrogens is 3. The highest BCUT2D eigenvalue weighted by Gasteiger charge is 2.32. The predicted octanol–water partition coefficient (Wildman–Crippen LogP) is 6.80. The molecule has 0 spiro atoms. The maximum absolute atomic E-state index is 13.1. The number of hydrogen-bond donors (Lipinski definition) is 3. The van der Waals surface area contributed by atoms with Gasteiger partial charge in [-0.1, -0.05) is 12.1 Å². The minimum atomic E-state index is -4.69. The maximum Gasteiger partial charge on any atom is 0.417 e. The summed E-state index contributed by atoms with van der Waals surface area (Å²) in [6, 6.07) is 7.94. The van der Waals surface area contributed by atoms with Gasteiger partial charge in [0.15, 0.2) is 5.78 Å². The van der Waals surface area contributed by atoms with Crippen LogP contribution in [-0.2, 0) is 12.4 Å². The monoisotopic (exact) mass is 576 g/mol. The molecule has 2 aromatic carbocycles. The smallest absolute Gasteiger partial charge is 0.417 e. The maximum atomic E-state index is 13.1. The van der Waals surface area contributed by atoms with Gasteiger partial charge in [-0.25, -0.2) is 19.7 Å². The van der Waals surface area contributed by atoms with Crippen molar-refractivity contribution in [3.8, 4) is 22.9 Å². The van der Waals surface area contributed by atoms with Crippen molar-refractivity contribution in [3.63, 3.8) is 0 Å². The molecule has 0 saturated heterocycles. The first-order valence-electron chi connectivity index (χ1n) is 11.4. The number of nitrogen functional groups attached to an aromatic ring is 1. The zero-order chi connectivity index (χ0) is 29.9. The molecule has 4 N–H and O–H groups in total. The van der Waals surface area contributed by atoms with Gasteiger partial charge in [0.1, 0.15) is 11.6 Å². The molecule has 0 bridgehead atoms. The van der Waals surface area contributed by atoms with E-state index in [0.29, 0.717) is 17.8 Å². The first-order valence-corrected chi connectivity index (χ1v) is 11.4. The van der Waals surface area contributed by atoms with Crippen LogP contribution in [0.1, 0.15) is 28.4 Å². The number of halogens is 6. The Kier molecular flexibility index (Phi) is 7.80. The fraction of sp³-hybridized carbons (Fsp3) is 0.115. The van der Waals surface area contributed by atoms with Crippen LogP contribution in [0, 0.1) is 0 Å². The molecule has 0 atom stereocenters. The molecule has 2 heterocycles. The van der Waals surface area contributed by atoms with Crippen molar-refractivity contribution in [2.75, 3.05) is 16.4 Å². The van der Waals surface area contributed by atoms with Crippen molar-refractivity contribution in [1.82, 2.24) is 15.0 Å². The average molecular weight is 576 g/mol. The molecular weight excluding hydrogens is 558 g/mol. The molecule has 0 radical (unpaired) electrons. The molecule has 15 heteroatoms. The van der Waals surface area contributed by atoms with Gasteiger partial charge < -0.3 is 21.1 Å². The molecule has 4 rings (SSSR count). The van der Waals surface area contributed by atoms with Crippen molar-refractivity contribution in [2.45, 2.75) is 19.3 Å². The van der Waals surface area contributed by atoms with E-state index in [4.69, 9.17) is 10.5 Å². The van der Waals surface area contributed by atoms with Gasteiger partial charge in [-0.15, -0.1) is 0 Å². The van der Waals surface area contributed by atoms with Gasteiger partial charge in [0, 0.05) is 17.3 Å². The zero-order valence-electron chi connectivity index (χ0n) is 20.8. The lowest BCUT2D eigenvalue weighted by molar-refractivity contribution is -0.138. The molecule has 0 aliphatic carbocycles. The molecular formula is C26H18F6N6O3. The summed E-state index contributed by atoms with van der Waals surface area (Å²) in [6.45, 7) is 1.14. The Hall–Kier alpha value is -5.21. The van der Waals surface area contributed by atoms with Crippen LogP contribution in [0.25, 0.3) is 11.1 Å². The number of Topliss-reactive ketones (excluding diaryl/α,β-unsaturated/α-hetero) is 1. The quantitative estimate of drug-likeness (QED) is 0.170. The number of carbonyl (C=O) groups is 2. The third-order valence-electron chi connectivity index (χ3n) is 5.48. The van der Waals surface area contributed by atoms with Crippen LogP contribution in [0.2, 0.25) is 0 Å². The molecule has 2 aromatic heterocycles. The second-order valence-corrected chi connectivity index (χ2v) is 8.43. The number of ether oxygens (including phenoxy) is 1. The molecule has 0 saturated carbocycles. The number of anilines is 3. The van der Waals surface area contributed by atoms with Gasteiger partial charge in [-0.3, -0.25) is 4.79 Å². The van der Waals surface area contributed by atoms with E-state index in [0.717, 1.165) is 37.5 Å². The Morgan fingerprint density at radius 2 is 1.44 bits per heavy atom. The summed E-state index contributed by atoms with van der Waals surface area (Å²) in [5.41, 5.74) is 3.77. The normalized spacial score (nSPS) is 11.6. The molecule has 0 aliphatic heterocycles. The highest BCUT2D eigenvalue weighted by Crippen LogP contribution is 2.35. The molecule has 2 amide bonds. The van der Waals surface area contributed by atoms with Crippen LogP contribution < -0.4 is 21.1 Å². The molecule has 9 nitrogen and oxygen atoms in total. The molecule has 0 fully saturated rings. The number of nitrogens with two attached hydrogens (primary N) is 1. The van der Waals surface area contributed by atoms with Crippen LogP contribution >= 0.6 is 0 Å². The van der Waals surface area contributed by atoms with Crippen LogP contribution in [0.5, 0.6) is 11.8 Å². The number of hydrogen-bond acceptors (Lipinski definition) is 7. The topological polar surface area (TPSA) is 132 Å². The minimum absolute atomic E-state index is 0.0501. The SMILES string of the molecule is CC(=O)c1ccc(C(F)(F)F)cc1NC(=O)Nc1cnc(Oc2ccc(-c3cc(C(F)(F)F)cnc3N)cc2)nc1. The average Bonchev–Trinajstić information content (AvgIpc) is 2.89. The molecule has 4 aromatic rings. The van der Waals surface area contributed by atoms with Crippen molar-refractivity contribution in [2.24, 2.45) is 0 Å². The van der Waals surface area contributed by atoms with Gasteiger partial charge in [0.2, 0.25) is 0 Å². The first kappa shape index (κ1) is 28.8. The Labute approximate surface area is 227 Å². The summed E-state index contributed by atoms with van der Waals surface area (Å²) in [5.74, 6) is -0.415. The van der Waals surface area contributed by atoms with E-state index in [1.807, 2.05) is 0 Å². The lowest BCUT2D eigenvalue weighted by Gasteiger charge is -2.14. The van der Waals surface area contributed by atoms with E-state index in [-0.39, 0.29) is 40.1 Å². The fourth-order valence-electron chi connectivity index (χ4n) is 3.52. The van der Waals surface area contributed by atoms with E-state index in [1.165, 1.54) is 24.3 Å². The Morgan fingerprint density at radius 3 is 2.02 bits per heavy atom. The second kappa shape index (κ2) is 11.1. The van der Waals surface area contributed by atoms with Crippen LogP contribution in [-0.4, -0.2) is 26.8 Å². The second-order valence-electron chi connectivity index (χ2n) is 8.43. The summed E-state index contributed by atoms with van der Waals surface area (Å²) in [5, 5.41) is 4.54. The summed E-state index contributed by atoms with van der Waals surface area (Å²) in [6.07, 6.45) is -6.32. The van der Waals surface area contributed by atoms with Crippen LogP contribution in [0.3, 0.4) is 0 Å². The highest BCUT2D eigenvalue weighted by molar-refractivity contribution is 6.06. The lowest BCUT2D eigenvalue weighted by atomic mass is 10.0. The Morgan fingerprint density at radius 1 is 0.805 bits per heavy atom. The highest BCUT2D eigenvalue weighted by atomic mass is 19.4. The summed E-state index contributed by atoms with van der Waals surface area (Å²) < 4.78 is 83.8. The van der Waals surface area contributed by atoms with E-state index in [9.17, 15) is 35.9 Å². The van der Waals surface area contributed by atoms with Gasteiger partial charge >= 0.3 is 24.4 Å². The van der Waals surface area contributed by atoms with E-state index < -0.39 is 35.3 Å². The Balaban J connectivity index is 1.42. The van der Waals surface area contributed by atoms with E-state index in [2.05, 4.69) is 25.6 Å². The zero-order valence-corrected chi connectivity index (χ0v) is 20.8. The van der Waals surface area contributed by atoms with Gasteiger partial charge in [-0.2, -0.15) is 26.3 Å². The van der Waals surface area contributed by atoms with Crippen molar-refractivity contribution in [3.05, 3.63) is 83.8 Å². The Bertz CT molecular complexity index is 1590. The van der Waals surface area contributed by atoms with E-state index in [1.54, 1.807) is 0 Å². The summed E-state index contributed by atoms with van der Waals surface area (Å²) in [4.78, 5) is 35.6. The third-order valence-corrected chi connectivity index (χ3v) is 5.48. The lowest BCUT2D eigenvalue weighted by Crippen LogP contribution is -2.21. The largest absolute Gasteiger partial charge is 0.424 e. The van der Waals surface area contributed by atoms with Gasteiger partial charge in [0.25, 0.3) is 0 Å². The number of urea groups is 1. The van der Waals surface area contributed by atoms with Crippen molar-refractivity contribution < 1.29 is 40.7 Å². The summed E-state index contributed by atoms with van der Waals surface area (Å²) >= 11 is 0. The van der Waals surface area contributed by atoms with Crippen LogP contribution in [0.15, 0.2) is 67.1 Å². The number of amides is 2. The van der Waals surface area contributed by atoms with Crippen LogP contribution in [0.4, 0.5) is 48.3 Å². The standard InChI is InChI=1S/C26H18F6N6O3/c1-13(39)19-7-4-15(25(27,28)29)9-21(19)38-23(40)37-17-11-35-24(36-12-17)41-18-5-2-14(3-6-18)20-8-16(26(30,31)32)10-34-22(20)33/h2-12H,1H3,(H2,33,34)(H2,37,38,40). The van der Waals surface area contributed by atoms with Crippen molar-refractivity contribution in [1.29, 1.82) is 0 Å². The summed E-state index contributed by atoms with van der Waals surface area (Å²) in [7, 11) is 0. The number of benzene rings is 2. The number of carbonyl (C=O) groups excluding carboxylic acids is 2. The van der Waals surface area contributed by atoms with E-state index >= 15 is 0 Å². The number of rotatable bonds is 6. The number of nitrogens with zero attached hydrogens (tertiary/aromatic N) is 3. The minimum Gasteiger partial charge on any atom is -0.424 e. The number of pyridine rings is 1. The predicted molar refractivity (Wildman–Crippen MR) is 135 cm³/mol. The van der Waals surface area contributed by atoms with Crippen molar-refractivity contribution >= 4 is 29.0 Å². The first-order chi connectivity index (χ1) is 19.2. The number of ketones is 1. The number of alkyl halides is 6. The van der Waals surface area contributed by atoms with Gasteiger partial charge in [0.05, 0.1) is 34.9 Å².